The van der Waals surface area contributed by atoms with Gasteiger partial charge in [-0.15, -0.1) is 0 Å². The molecule has 2 aromatic carbocycles. The monoisotopic (exact) mass is 426 g/mol. The Morgan fingerprint density at radius 3 is 2.63 bits per heavy atom. The first-order valence-corrected chi connectivity index (χ1v) is 11.0. The third-order valence-corrected chi connectivity index (χ3v) is 6.33. The van der Waals surface area contributed by atoms with Gasteiger partial charge in [-0.2, -0.15) is 0 Å². The van der Waals surface area contributed by atoms with Crippen LogP contribution in [0.5, 0.6) is 5.75 Å². The first-order valence-electron chi connectivity index (χ1n) is 10.6. The van der Waals surface area contributed by atoms with Crippen molar-refractivity contribution in [2.45, 2.75) is 31.7 Å². The van der Waals surface area contributed by atoms with Crippen molar-refractivity contribution in [2.24, 2.45) is 5.92 Å². The van der Waals surface area contributed by atoms with E-state index in [2.05, 4.69) is 0 Å². The second-order valence-electron chi connectivity index (χ2n) is 8.09. The Labute approximate surface area is 182 Å². The molecule has 0 N–H and O–H groups in total. The van der Waals surface area contributed by atoms with Gasteiger partial charge in [0.05, 0.1) is 6.42 Å². The fourth-order valence-corrected chi connectivity index (χ4v) is 4.83. The number of benzene rings is 2. The van der Waals surface area contributed by atoms with Gasteiger partial charge in [-0.05, 0) is 55.0 Å². The van der Waals surface area contributed by atoms with Gasteiger partial charge in [-0.1, -0.05) is 41.9 Å². The number of amides is 2. The topological polar surface area (TPSA) is 49.9 Å². The highest BCUT2D eigenvalue weighted by atomic mass is 35.5. The minimum Gasteiger partial charge on any atom is -0.484 e. The molecule has 2 fully saturated rings. The Morgan fingerprint density at radius 2 is 1.83 bits per heavy atom. The number of hydrogen-bond donors (Lipinski definition) is 0. The molecule has 2 aliphatic heterocycles. The van der Waals surface area contributed by atoms with E-state index in [4.69, 9.17) is 16.3 Å². The fraction of sp³-hybridized carbons (Fsp3) is 0.417. The van der Waals surface area contributed by atoms with E-state index in [0.29, 0.717) is 36.2 Å². The largest absolute Gasteiger partial charge is 0.484 e. The molecule has 2 atom stereocenters. The van der Waals surface area contributed by atoms with Crippen LogP contribution < -0.4 is 4.74 Å². The Hall–Kier alpha value is -2.53. The summed E-state index contributed by atoms with van der Waals surface area (Å²) < 4.78 is 5.63. The molecule has 0 aromatic heterocycles. The lowest BCUT2D eigenvalue weighted by atomic mass is 9.83. The van der Waals surface area contributed by atoms with Crippen molar-refractivity contribution in [3.05, 3.63) is 65.2 Å². The molecule has 0 radical (unpaired) electrons. The molecule has 0 saturated carbocycles. The number of carbonyl (C=O) groups is 2. The van der Waals surface area contributed by atoms with Gasteiger partial charge in [0.25, 0.3) is 5.91 Å². The fourth-order valence-electron chi connectivity index (χ4n) is 4.62. The van der Waals surface area contributed by atoms with Crippen LogP contribution in [0.25, 0.3) is 0 Å². The molecule has 4 rings (SSSR count). The molecule has 0 bridgehead atoms. The zero-order valence-electron chi connectivity index (χ0n) is 17.0. The summed E-state index contributed by atoms with van der Waals surface area (Å²) in [6.07, 6.45) is 3.22. The average molecular weight is 427 g/mol. The quantitative estimate of drug-likeness (QED) is 0.730. The van der Waals surface area contributed by atoms with Crippen LogP contribution in [0.3, 0.4) is 0 Å². The molecule has 2 aromatic rings. The lowest BCUT2D eigenvalue weighted by molar-refractivity contribution is -0.142. The van der Waals surface area contributed by atoms with Gasteiger partial charge in [0.1, 0.15) is 5.75 Å². The summed E-state index contributed by atoms with van der Waals surface area (Å²) in [7, 11) is 0. The summed E-state index contributed by atoms with van der Waals surface area (Å²) in [6.45, 7) is 2.21. The van der Waals surface area contributed by atoms with E-state index >= 15 is 0 Å². The Morgan fingerprint density at radius 1 is 1.00 bits per heavy atom. The predicted octanol–water partition coefficient (Wildman–Crippen LogP) is 3.80. The van der Waals surface area contributed by atoms with Gasteiger partial charge in [0.15, 0.2) is 6.61 Å². The number of piperidine rings is 2. The average Bonchev–Trinajstić information content (AvgIpc) is 2.77. The number of rotatable bonds is 5. The normalized spacial score (nSPS) is 21.1. The number of halogens is 1. The summed E-state index contributed by atoms with van der Waals surface area (Å²) in [5.41, 5.74) is 0.945. The minimum atomic E-state index is 0.0136. The molecule has 0 spiro atoms. The maximum Gasteiger partial charge on any atom is 0.260 e. The van der Waals surface area contributed by atoms with Crippen molar-refractivity contribution in [1.82, 2.24) is 9.80 Å². The van der Waals surface area contributed by atoms with Gasteiger partial charge >= 0.3 is 0 Å². The van der Waals surface area contributed by atoms with E-state index in [1.807, 2.05) is 64.4 Å². The number of carbonyl (C=O) groups excluding carboxylic acids is 2. The highest BCUT2D eigenvalue weighted by Crippen LogP contribution is 2.31. The maximum absolute atomic E-state index is 13.0. The number of nitrogens with zero attached hydrogens (tertiary/aromatic N) is 2. The SMILES string of the molecule is O=C(COc1ccccc1)N1CC[C@H]2[C@H](CCCN2C(=O)Cc2cccc(Cl)c2)C1. The maximum atomic E-state index is 13.0. The Bertz CT molecular complexity index is 889. The van der Waals surface area contributed by atoms with Crippen molar-refractivity contribution in [2.75, 3.05) is 26.2 Å². The van der Waals surface area contributed by atoms with Crippen LogP contribution in [-0.4, -0.2) is 53.9 Å². The summed E-state index contributed by atoms with van der Waals surface area (Å²) in [4.78, 5) is 29.6. The highest BCUT2D eigenvalue weighted by Gasteiger charge is 2.39. The van der Waals surface area contributed by atoms with E-state index in [-0.39, 0.29) is 24.5 Å². The first kappa shape index (κ1) is 20.7. The summed E-state index contributed by atoms with van der Waals surface area (Å²) in [5.74, 6) is 1.20. The van der Waals surface area contributed by atoms with Crippen LogP contribution in [0, 0.1) is 5.92 Å². The van der Waals surface area contributed by atoms with Gasteiger partial charge in [-0.3, -0.25) is 9.59 Å². The first-order chi connectivity index (χ1) is 14.6. The molecule has 6 heteroatoms. The number of ether oxygens (including phenoxy) is 1. The molecule has 2 saturated heterocycles. The lowest BCUT2D eigenvalue weighted by Gasteiger charge is -2.47. The summed E-state index contributed by atoms with van der Waals surface area (Å²) in [6, 6.07) is 17.1. The van der Waals surface area contributed by atoms with Gasteiger partial charge in [0.2, 0.25) is 5.91 Å². The van der Waals surface area contributed by atoms with Gasteiger partial charge in [0, 0.05) is 30.7 Å². The van der Waals surface area contributed by atoms with Gasteiger partial charge in [-0.25, -0.2) is 0 Å². The van der Waals surface area contributed by atoms with Crippen molar-refractivity contribution < 1.29 is 14.3 Å². The Kier molecular flexibility index (Phi) is 6.58. The molecule has 0 aliphatic carbocycles. The zero-order chi connectivity index (χ0) is 20.9. The van der Waals surface area contributed by atoms with Gasteiger partial charge < -0.3 is 14.5 Å². The van der Waals surface area contributed by atoms with E-state index in [0.717, 1.165) is 31.4 Å². The van der Waals surface area contributed by atoms with Crippen LogP contribution in [0.2, 0.25) is 5.02 Å². The molecular formula is C24H27ClN2O3. The van der Waals surface area contributed by atoms with E-state index in [1.54, 1.807) is 0 Å². The number of hydrogen-bond acceptors (Lipinski definition) is 3. The molecular weight excluding hydrogens is 400 g/mol. The second-order valence-corrected chi connectivity index (χ2v) is 8.53. The van der Waals surface area contributed by atoms with Crippen LogP contribution in [0.4, 0.5) is 0 Å². The molecule has 158 valence electrons. The number of para-hydroxylation sites is 1. The van der Waals surface area contributed by atoms with Crippen LogP contribution in [0.15, 0.2) is 54.6 Å². The summed E-state index contributed by atoms with van der Waals surface area (Å²) >= 11 is 6.06. The van der Waals surface area contributed by atoms with E-state index < -0.39 is 0 Å². The second kappa shape index (κ2) is 9.52. The highest BCUT2D eigenvalue weighted by molar-refractivity contribution is 6.30. The molecule has 0 unspecified atom stereocenters. The predicted molar refractivity (Wildman–Crippen MR) is 117 cm³/mol. The molecule has 5 nitrogen and oxygen atoms in total. The molecule has 30 heavy (non-hydrogen) atoms. The van der Waals surface area contributed by atoms with E-state index in [1.165, 1.54) is 0 Å². The van der Waals surface area contributed by atoms with Crippen molar-refractivity contribution >= 4 is 23.4 Å². The number of likely N-dealkylation sites (tertiary alicyclic amines) is 2. The van der Waals surface area contributed by atoms with Crippen LogP contribution in [0.1, 0.15) is 24.8 Å². The number of fused-ring (bicyclic) bond motifs is 1. The van der Waals surface area contributed by atoms with Crippen LogP contribution in [-0.2, 0) is 16.0 Å². The molecule has 2 aliphatic rings. The van der Waals surface area contributed by atoms with Crippen LogP contribution >= 0.6 is 11.6 Å². The van der Waals surface area contributed by atoms with Crippen molar-refractivity contribution in [1.29, 1.82) is 0 Å². The third-order valence-electron chi connectivity index (χ3n) is 6.09. The lowest BCUT2D eigenvalue weighted by Crippen LogP contribution is -2.57. The molecule has 2 heterocycles. The smallest absolute Gasteiger partial charge is 0.260 e. The molecule has 2 amide bonds. The standard InChI is InChI=1S/C24H27ClN2O3/c25-20-8-4-6-18(14-20)15-23(28)27-12-5-7-19-16-26(13-11-22(19)27)24(29)17-30-21-9-2-1-3-10-21/h1-4,6,8-10,14,19,22H,5,7,11-13,15-17H2/t19-,22+/m1/s1. The Balaban J connectivity index is 1.33. The van der Waals surface area contributed by atoms with Crippen molar-refractivity contribution in [3.63, 3.8) is 0 Å². The van der Waals surface area contributed by atoms with E-state index in [9.17, 15) is 9.59 Å². The van der Waals surface area contributed by atoms with Crippen molar-refractivity contribution in [3.8, 4) is 5.75 Å². The minimum absolute atomic E-state index is 0.0136. The zero-order valence-corrected chi connectivity index (χ0v) is 17.8. The third kappa shape index (κ3) is 4.96. The summed E-state index contributed by atoms with van der Waals surface area (Å²) in [5, 5.41) is 0.654.